The third kappa shape index (κ3) is 2.74. The zero-order valence-corrected chi connectivity index (χ0v) is 21.3. The molecule has 0 bridgehead atoms. The topological polar surface area (TPSA) is 9.23 Å². The molecule has 4 aromatic carbocycles. The summed E-state index contributed by atoms with van der Waals surface area (Å²) in [6, 6.07) is 32.6. The zero-order valence-electron chi connectivity index (χ0n) is 21.3. The Bertz CT molecular complexity index is 1930. The van der Waals surface area contributed by atoms with Crippen molar-refractivity contribution in [1.82, 2.24) is 0 Å². The summed E-state index contributed by atoms with van der Waals surface area (Å²) >= 11 is 0. The summed E-state index contributed by atoms with van der Waals surface area (Å²) < 4.78 is 6.46. The first-order valence-electron chi connectivity index (χ1n) is 13.7. The van der Waals surface area contributed by atoms with Crippen molar-refractivity contribution < 1.29 is 4.74 Å². The Balaban J connectivity index is 1.31. The van der Waals surface area contributed by atoms with Gasteiger partial charge in [0.05, 0.1) is 5.41 Å². The second kappa shape index (κ2) is 7.58. The molecule has 182 valence electrons. The fraction of sp³-hybridized carbons (Fsp3) is 0.0526. The molecule has 0 saturated heterocycles. The van der Waals surface area contributed by atoms with Gasteiger partial charge in [-0.25, -0.2) is 0 Å². The second-order valence-electron chi connectivity index (χ2n) is 10.9. The normalized spacial score (nSPS) is 20.7. The van der Waals surface area contributed by atoms with Crippen molar-refractivity contribution in [2.24, 2.45) is 5.41 Å². The van der Waals surface area contributed by atoms with Crippen LogP contribution in [0.3, 0.4) is 0 Å². The number of ether oxygens (including phenoxy) is 1. The molecule has 39 heavy (non-hydrogen) atoms. The molecular formula is C38H24O. The van der Waals surface area contributed by atoms with Gasteiger partial charge < -0.3 is 4.74 Å². The highest BCUT2D eigenvalue weighted by molar-refractivity contribution is 6.10. The van der Waals surface area contributed by atoms with Gasteiger partial charge in [0, 0.05) is 12.0 Å². The first-order chi connectivity index (χ1) is 19.3. The zero-order chi connectivity index (χ0) is 25.6. The standard InChI is InChI=1S/C38H24O/c1-4-12-27-24(9-1)22-34-29(27)15-8-20-38(34)33(19-18-31-28-13-5-2-10-25(28)23-35(31)38)30-14-7-17-37-32(30)21-26-11-3-6-16-36(26)39-37/h1-20,22-23H,21H2. The van der Waals surface area contributed by atoms with E-state index in [4.69, 9.17) is 4.74 Å². The summed E-state index contributed by atoms with van der Waals surface area (Å²) in [5.41, 5.74) is 15.2. The van der Waals surface area contributed by atoms with Gasteiger partial charge in [0.1, 0.15) is 11.5 Å². The van der Waals surface area contributed by atoms with Gasteiger partial charge in [0.15, 0.2) is 0 Å². The minimum atomic E-state index is -0.404. The summed E-state index contributed by atoms with van der Waals surface area (Å²) in [6.07, 6.45) is 17.4. The fourth-order valence-electron chi connectivity index (χ4n) is 7.25. The maximum atomic E-state index is 6.46. The van der Waals surface area contributed by atoms with Crippen LogP contribution in [0, 0.1) is 5.41 Å². The van der Waals surface area contributed by atoms with Crippen LogP contribution in [0.25, 0.3) is 28.9 Å². The SMILES string of the molecule is C1=CC2(C3=Cc4ccccc4C3=C1)C1=Cc3ccccc3C1=CC=C2c1cccc2c1Cc1ccccc1O2. The maximum Gasteiger partial charge on any atom is 0.131 e. The lowest BCUT2D eigenvalue weighted by Crippen LogP contribution is -2.29. The first kappa shape index (κ1) is 21.1. The van der Waals surface area contributed by atoms with Crippen molar-refractivity contribution in [1.29, 1.82) is 0 Å². The monoisotopic (exact) mass is 496 g/mol. The van der Waals surface area contributed by atoms with Crippen LogP contribution in [0.2, 0.25) is 0 Å². The molecule has 1 unspecified atom stereocenters. The van der Waals surface area contributed by atoms with Crippen molar-refractivity contribution in [2.45, 2.75) is 6.42 Å². The molecule has 4 aliphatic carbocycles. The predicted octanol–water partition coefficient (Wildman–Crippen LogP) is 9.30. The van der Waals surface area contributed by atoms with Gasteiger partial charge in [-0.15, -0.1) is 0 Å². The minimum Gasteiger partial charge on any atom is -0.457 e. The maximum absolute atomic E-state index is 6.46. The highest BCUT2D eigenvalue weighted by atomic mass is 16.5. The van der Waals surface area contributed by atoms with Gasteiger partial charge in [-0.1, -0.05) is 109 Å². The molecule has 0 saturated carbocycles. The molecule has 0 radical (unpaired) electrons. The summed E-state index contributed by atoms with van der Waals surface area (Å²) in [5, 5.41) is 0. The van der Waals surface area contributed by atoms with E-state index in [-0.39, 0.29) is 0 Å². The Kier molecular flexibility index (Phi) is 4.10. The summed E-state index contributed by atoms with van der Waals surface area (Å²) in [6.45, 7) is 0. The third-order valence-electron chi connectivity index (χ3n) is 8.97. The van der Waals surface area contributed by atoms with Crippen molar-refractivity contribution in [3.63, 3.8) is 0 Å². The number of hydrogen-bond acceptors (Lipinski definition) is 1. The van der Waals surface area contributed by atoms with E-state index < -0.39 is 5.41 Å². The minimum absolute atomic E-state index is 0.404. The summed E-state index contributed by atoms with van der Waals surface area (Å²) in [5.74, 6) is 1.92. The molecule has 1 spiro atoms. The Labute approximate surface area is 228 Å². The van der Waals surface area contributed by atoms with Gasteiger partial charge in [0.25, 0.3) is 0 Å². The predicted molar refractivity (Wildman–Crippen MR) is 160 cm³/mol. The molecule has 1 heterocycles. The van der Waals surface area contributed by atoms with Gasteiger partial charge in [-0.2, -0.15) is 0 Å². The van der Waals surface area contributed by atoms with E-state index >= 15 is 0 Å². The molecule has 0 aromatic heterocycles. The molecule has 0 fully saturated rings. The van der Waals surface area contributed by atoms with Crippen molar-refractivity contribution in [3.8, 4) is 11.5 Å². The van der Waals surface area contributed by atoms with Crippen LogP contribution in [-0.2, 0) is 6.42 Å². The van der Waals surface area contributed by atoms with Crippen LogP contribution in [0.1, 0.15) is 38.9 Å². The van der Waals surface area contributed by atoms with Crippen LogP contribution in [0.4, 0.5) is 0 Å². The highest BCUT2D eigenvalue weighted by Gasteiger charge is 2.49. The quantitative estimate of drug-likeness (QED) is 0.225. The van der Waals surface area contributed by atoms with E-state index in [0.29, 0.717) is 0 Å². The van der Waals surface area contributed by atoms with E-state index in [1.807, 2.05) is 6.07 Å². The fourth-order valence-corrected chi connectivity index (χ4v) is 7.25. The molecule has 1 heteroatoms. The molecule has 0 amide bonds. The lowest BCUT2D eigenvalue weighted by atomic mass is 9.59. The smallest absolute Gasteiger partial charge is 0.131 e. The Morgan fingerprint density at radius 2 is 1.18 bits per heavy atom. The van der Waals surface area contributed by atoms with Crippen molar-refractivity contribution in [2.75, 3.05) is 0 Å². The Morgan fingerprint density at radius 1 is 0.538 bits per heavy atom. The number of rotatable bonds is 1. The van der Waals surface area contributed by atoms with Crippen LogP contribution < -0.4 is 4.74 Å². The molecule has 5 aliphatic rings. The summed E-state index contributed by atoms with van der Waals surface area (Å²) in [4.78, 5) is 0. The average molecular weight is 497 g/mol. The van der Waals surface area contributed by atoms with Crippen LogP contribution in [0.15, 0.2) is 133 Å². The van der Waals surface area contributed by atoms with Crippen LogP contribution >= 0.6 is 0 Å². The number of allylic oxidation sites excluding steroid dienone is 10. The number of hydrogen-bond donors (Lipinski definition) is 0. The van der Waals surface area contributed by atoms with E-state index in [9.17, 15) is 0 Å². The number of para-hydroxylation sites is 1. The lowest BCUT2D eigenvalue weighted by Gasteiger charge is -2.42. The van der Waals surface area contributed by atoms with Gasteiger partial charge in [-0.05, 0) is 85.5 Å². The van der Waals surface area contributed by atoms with Gasteiger partial charge in [0.2, 0.25) is 0 Å². The van der Waals surface area contributed by atoms with E-state index in [1.165, 1.54) is 66.8 Å². The third-order valence-corrected chi connectivity index (χ3v) is 8.97. The average Bonchev–Trinajstić information content (AvgIpc) is 3.56. The largest absolute Gasteiger partial charge is 0.457 e. The van der Waals surface area contributed by atoms with Gasteiger partial charge >= 0.3 is 0 Å². The Morgan fingerprint density at radius 3 is 1.97 bits per heavy atom. The number of benzene rings is 4. The number of fused-ring (bicyclic) bond motifs is 10. The van der Waals surface area contributed by atoms with Crippen LogP contribution in [0.5, 0.6) is 11.5 Å². The van der Waals surface area contributed by atoms with E-state index in [1.54, 1.807) is 0 Å². The summed E-state index contributed by atoms with van der Waals surface area (Å²) in [7, 11) is 0. The molecule has 1 nitrogen and oxygen atoms in total. The molecule has 9 rings (SSSR count). The molecule has 0 N–H and O–H groups in total. The van der Waals surface area contributed by atoms with Crippen LogP contribution in [-0.4, -0.2) is 0 Å². The Hall–Kier alpha value is -4.88. The molecule has 4 aromatic rings. The lowest BCUT2D eigenvalue weighted by molar-refractivity contribution is 0.459. The first-order valence-corrected chi connectivity index (χ1v) is 13.7. The highest BCUT2D eigenvalue weighted by Crippen LogP contribution is 2.64. The van der Waals surface area contributed by atoms with Gasteiger partial charge in [-0.3, -0.25) is 0 Å². The van der Waals surface area contributed by atoms with Crippen molar-refractivity contribution >= 4 is 28.9 Å². The van der Waals surface area contributed by atoms with Crippen molar-refractivity contribution in [3.05, 3.63) is 171 Å². The molecular weight excluding hydrogens is 472 g/mol. The second-order valence-corrected chi connectivity index (χ2v) is 10.9. The van der Waals surface area contributed by atoms with E-state index in [0.717, 1.165) is 17.9 Å². The molecule has 1 aliphatic heterocycles. The molecule has 1 atom stereocenters. The van der Waals surface area contributed by atoms with E-state index in [2.05, 4.69) is 127 Å².